The van der Waals surface area contributed by atoms with E-state index in [1.807, 2.05) is 0 Å². The summed E-state index contributed by atoms with van der Waals surface area (Å²) in [6, 6.07) is 5.60. The van der Waals surface area contributed by atoms with Crippen molar-refractivity contribution in [3.8, 4) is 11.3 Å². The molecule has 3 heterocycles. The van der Waals surface area contributed by atoms with E-state index in [0.29, 0.717) is 34.4 Å². The zero-order valence-electron chi connectivity index (χ0n) is 18.7. The van der Waals surface area contributed by atoms with Gasteiger partial charge in [-0.25, -0.2) is 4.98 Å². The standard InChI is InChI=1S/C22H25F3N6O4/c1-12(35)19(11-34)30-20-17(22(23,24)25)8-28-21(31-20)27-7-15-3-2-14(6-26-15)18-5-13(9-32)4-16(10-33)29-18/h2-6,8,12,19,32-35H,7,9-11H2,1H3,(H2,27,28,30,31)/t12-,19-/m1/s1. The fraction of sp³-hybridized carbons (Fsp3) is 0.364. The molecule has 35 heavy (non-hydrogen) atoms. The molecule has 10 nitrogen and oxygen atoms in total. The van der Waals surface area contributed by atoms with Gasteiger partial charge in [0.25, 0.3) is 0 Å². The molecule has 3 rings (SSSR count). The molecule has 3 aromatic rings. The maximum atomic E-state index is 13.4. The van der Waals surface area contributed by atoms with E-state index in [1.165, 1.54) is 13.1 Å². The van der Waals surface area contributed by atoms with Crippen molar-refractivity contribution >= 4 is 11.8 Å². The van der Waals surface area contributed by atoms with Gasteiger partial charge in [-0.3, -0.25) is 9.97 Å². The summed E-state index contributed by atoms with van der Waals surface area (Å²) >= 11 is 0. The summed E-state index contributed by atoms with van der Waals surface area (Å²) in [4.78, 5) is 16.2. The fourth-order valence-electron chi connectivity index (χ4n) is 3.10. The molecule has 0 fully saturated rings. The van der Waals surface area contributed by atoms with Gasteiger partial charge in [0.2, 0.25) is 5.95 Å². The highest BCUT2D eigenvalue weighted by Crippen LogP contribution is 2.34. The Morgan fingerprint density at radius 3 is 2.31 bits per heavy atom. The molecular weight excluding hydrogens is 469 g/mol. The van der Waals surface area contributed by atoms with Crippen LogP contribution in [0.3, 0.4) is 0 Å². The normalized spacial score (nSPS) is 13.4. The van der Waals surface area contributed by atoms with Crippen molar-refractivity contribution < 1.29 is 33.6 Å². The minimum absolute atomic E-state index is 0.0942. The maximum absolute atomic E-state index is 13.4. The molecule has 0 bridgehead atoms. The van der Waals surface area contributed by atoms with Crippen LogP contribution in [0.25, 0.3) is 11.3 Å². The highest BCUT2D eigenvalue weighted by atomic mass is 19.4. The topological polar surface area (TPSA) is 157 Å². The molecule has 2 atom stereocenters. The lowest BCUT2D eigenvalue weighted by Crippen LogP contribution is -2.36. The zero-order valence-corrected chi connectivity index (χ0v) is 18.7. The van der Waals surface area contributed by atoms with E-state index in [1.54, 1.807) is 24.3 Å². The lowest BCUT2D eigenvalue weighted by Gasteiger charge is -2.22. The highest BCUT2D eigenvalue weighted by molar-refractivity contribution is 5.59. The van der Waals surface area contributed by atoms with Gasteiger partial charge in [-0.15, -0.1) is 0 Å². The summed E-state index contributed by atoms with van der Waals surface area (Å²) in [5.41, 5.74) is 1.55. The lowest BCUT2D eigenvalue weighted by molar-refractivity contribution is -0.137. The first-order chi connectivity index (χ1) is 16.6. The van der Waals surface area contributed by atoms with Crippen LogP contribution in [-0.2, 0) is 25.9 Å². The van der Waals surface area contributed by atoms with Crippen LogP contribution in [0.5, 0.6) is 0 Å². The quantitative estimate of drug-likeness (QED) is 0.245. The Hall–Kier alpha value is -3.39. The van der Waals surface area contributed by atoms with Crippen LogP contribution in [0.15, 0.2) is 36.7 Å². The molecule has 0 saturated heterocycles. The van der Waals surface area contributed by atoms with E-state index < -0.39 is 36.3 Å². The molecule has 188 valence electrons. The minimum atomic E-state index is -4.74. The van der Waals surface area contributed by atoms with Crippen LogP contribution < -0.4 is 10.6 Å². The molecule has 0 unspecified atom stereocenters. The predicted octanol–water partition coefficient (Wildman–Crippen LogP) is 1.70. The average Bonchev–Trinajstić information content (AvgIpc) is 2.85. The fourth-order valence-corrected chi connectivity index (χ4v) is 3.10. The Morgan fingerprint density at radius 2 is 1.74 bits per heavy atom. The van der Waals surface area contributed by atoms with Crippen molar-refractivity contribution in [3.63, 3.8) is 0 Å². The van der Waals surface area contributed by atoms with Crippen molar-refractivity contribution in [1.82, 2.24) is 19.9 Å². The summed E-state index contributed by atoms with van der Waals surface area (Å²) in [5.74, 6) is -0.689. The SMILES string of the molecule is C[C@@H](O)[C@@H](CO)Nc1nc(NCc2ccc(-c3cc(CO)cc(CO)n3)cn2)ncc1C(F)(F)F. The van der Waals surface area contributed by atoms with Crippen LogP contribution in [0.2, 0.25) is 0 Å². The van der Waals surface area contributed by atoms with Gasteiger partial charge in [0.05, 0.1) is 55.6 Å². The van der Waals surface area contributed by atoms with E-state index in [4.69, 9.17) is 0 Å². The number of aliphatic hydroxyl groups excluding tert-OH is 4. The zero-order chi connectivity index (χ0) is 25.6. The van der Waals surface area contributed by atoms with Crippen LogP contribution in [-0.4, -0.2) is 59.1 Å². The van der Waals surface area contributed by atoms with Crippen LogP contribution in [0.1, 0.15) is 29.4 Å². The molecular formula is C22H25F3N6O4. The minimum Gasteiger partial charge on any atom is -0.394 e. The first-order valence-electron chi connectivity index (χ1n) is 10.5. The van der Waals surface area contributed by atoms with E-state index in [-0.39, 0.29) is 25.7 Å². The van der Waals surface area contributed by atoms with Gasteiger partial charge < -0.3 is 31.1 Å². The number of halogens is 3. The molecule has 13 heteroatoms. The highest BCUT2D eigenvalue weighted by Gasteiger charge is 2.36. The van der Waals surface area contributed by atoms with E-state index in [0.717, 1.165) is 0 Å². The van der Waals surface area contributed by atoms with Gasteiger partial charge >= 0.3 is 6.18 Å². The summed E-state index contributed by atoms with van der Waals surface area (Å²) in [7, 11) is 0. The lowest BCUT2D eigenvalue weighted by atomic mass is 10.1. The van der Waals surface area contributed by atoms with Crippen molar-refractivity contribution in [2.45, 2.75) is 45.0 Å². The van der Waals surface area contributed by atoms with Gasteiger partial charge in [-0.1, -0.05) is 0 Å². The Morgan fingerprint density at radius 1 is 0.971 bits per heavy atom. The van der Waals surface area contributed by atoms with Crippen LogP contribution >= 0.6 is 0 Å². The molecule has 6 N–H and O–H groups in total. The number of alkyl halides is 3. The Labute approximate surface area is 198 Å². The van der Waals surface area contributed by atoms with Gasteiger partial charge in [-0.05, 0) is 36.8 Å². The second-order valence-electron chi connectivity index (χ2n) is 7.69. The van der Waals surface area contributed by atoms with Crippen LogP contribution in [0.4, 0.5) is 24.9 Å². The first-order valence-corrected chi connectivity index (χ1v) is 10.5. The van der Waals surface area contributed by atoms with Crippen molar-refractivity contribution in [2.75, 3.05) is 17.2 Å². The molecule has 0 aromatic carbocycles. The Kier molecular flexibility index (Phi) is 8.51. The van der Waals surface area contributed by atoms with Gasteiger partial charge in [0, 0.05) is 18.0 Å². The van der Waals surface area contributed by atoms with E-state index in [9.17, 15) is 33.6 Å². The Bertz CT molecular complexity index is 1110. The average molecular weight is 494 g/mol. The smallest absolute Gasteiger partial charge is 0.394 e. The molecule has 3 aromatic heterocycles. The predicted molar refractivity (Wildman–Crippen MR) is 120 cm³/mol. The number of nitrogens with zero attached hydrogens (tertiary/aromatic N) is 4. The van der Waals surface area contributed by atoms with E-state index in [2.05, 4.69) is 30.6 Å². The third-order valence-corrected chi connectivity index (χ3v) is 5.03. The monoisotopic (exact) mass is 494 g/mol. The second-order valence-corrected chi connectivity index (χ2v) is 7.69. The first kappa shape index (κ1) is 26.2. The van der Waals surface area contributed by atoms with Gasteiger partial charge in [0.15, 0.2) is 0 Å². The summed E-state index contributed by atoms with van der Waals surface area (Å²) in [6.07, 6.45) is -3.72. The Balaban J connectivity index is 1.76. The van der Waals surface area contributed by atoms with Gasteiger partial charge in [0.1, 0.15) is 11.4 Å². The summed E-state index contributed by atoms with van der Waals surface area (Å²) < 4.78 is 40.1. The van der Waals surface area contributed by atoms with Crippen LogP contribution in [0, 0.1) is 0 Å². The number of anilines is 2. The molecule has 0 amide bonds. The van der Waals surface area contributed by atoms with E-state index >= 15 is 0 Å². The third-order valence-electron chi connectivity index (χ3n) is 5.03. The number of rotatable bonds is 10. The molecule has 0 aliphatic carbocycles. The molecule has 0 radical (unpaired) electrons. The number of aliphatic hydroxyl groups is 4. The number of aromatic nitrogens is 4. The summed E-state index contributed by atoms with van der Waals surface area (Å²) in [6.45, 7) is 0.330. The largest absolute Gasteiger partial charge is 0.421 e. The number of nitrogens with one attached hydrogen (secondary N) is 2. The molecule has 0 aliphatic heterocycles. The molecule has 0 spiro atoms. The summed E-state index contributed by atoms with van der Waals surface area (Å²) in [5, 5.41) is 42.9. The maximum Gasteiger partial charge on any atom is 0.421 e. The van der Waals surface area contributed by atoms with Crippen molar-refractivity contribution in [3.05, 3.63) is 59.2 Å². The number of pyridine rings is 2. The van der Waals surface area contributed by atoms with Crippen molar-refractivity contribution in [2.24, 2.45) is 0 Å². The third kappa shape index (κ3) is 6.82. The molecule has 0 saturated carbocycles. The molecule has 0 aliphatic rings. The second kappa shape index (κ2) is 11.4. The van der Waals surface area contributed by atoms with Crippen molar-refractivity contribution in [1.29, 1.82) is 0 Å². The van der Waals surface area contributed by atoms with Gasteiger partial charge in [-0.2, -0.15) is 18.2 Å². The number of hydrogen-bond acceptors (Lipinski definition) is 10. The number of hydrogen-bond donors (Lipinski definition) is 6.